The first-order valence-electron chi connectivity index (χ1n) is 7.70. The van der Waals surface area contributed by atoms with Crippen LogP contribution >= 0.6 is 0 Å². The van der Waals surface area contributed by atoms with Crippen molar-refractivity contribution in [3.8, 4) is 0 Å². The van der Waals surface area contributed by atoms with Crippen LogP contribution in [-0.4, -0.2) is 11.5 Å². The molecule has 1 aliphatic rings. The summed E-state index contributed by atoms with van der Waals surface area (Å²) in [4.78, 5) is 4.49. The van der Waals surface area contributed by atoms with Crippen molar-refractivity contribution in [2.45, 2.75) is 59.4 Å². The molecule has 0 spiro atoms. The first-order chi connectivity index (χ1) is 9.04. The second-order valence-corrected chi connectivity index (χ2v) is 6.65. The molecule has 0 amide bonds. The third-order valence-electron chi connectivity index (χ3n) is 4.65. The van der Waals surface area contributed by atoms with Crippen LogP contribution in [0.5, 0.6) is 0 Å². The molecule has 1 saturated carbocycles. The Morgan fingerprint density at radius 1 is 1.42 bits per heavy atom. The SMILES string of the molecule is CCCNC(c1ccc(C)nc1)C1CCCC1(C)C. The monoisotopic (exact) mass is 260 g/mol. The lowest BCUT2D eigenvalue weighted by Gasteiger charge is -2.35. The Balaban J connectivity index is 2.22. The third kappa shape index (κ3) is 3.36. The van der Waals surface area contributed by atoms with Crippen LogP contribution in [0.4, 0.5) is 0 Å². The van der Waals surface area contributed by atoms with E-state index in [1.165, 1.54) is 31.2 Å². The molecule has 1 aliphatic carbocycles. The Labute approximate surface area is 118 Å². The first-order valence-corrected chi connectivity index (χ1v) is 7.70. The molecule has 2 heteroatoms. The number of hydrogen-bond acceptors (Lipinski definition) is 2. The Bertz CT molecular complexity index is 394. The van der Waals surface area contributed by atoms with Crippen molar-refractivity contribution in [3.05, 3.63) is 29.6 Å². The minimum atomic E-state index is 0.441. The molecule has 0 saturated heterocycles. The molecule has 1 heterocycles. The molecule has 1 N–H and O–H groups in total. The van der Waals surface area contributed by atoms with E-state index in [-0.39, 0.29) is 0 Å². The summed E-state index contributed by atoms with van der Waals surface area (Å²) >= 11 is 0. The minimum Gasteiger partial charge on any atom is -0.310 e. The van der Waals surface area contributed by atoms with Crippen molar-refractivity contribution in [1.82, 2.24) is 10.3 Å². The second-order valence-electron chi connectivity index (χ2n) is 6.65. The van der Waals surface area contributed by atoms with E-state index in [9.17, 15) is 0 Å². The van der Waals surface area contributed by atoms with Gasteiger partial charge in [-0.3, -0.25) is 4.98 Å². The molecular weight excluding hydrogens is 232 g/mol. The number of aryl methyl sites for hydroxylation is 1. The molecule has 1 aromatic rings. The maximum Gasteiger partial charge on any atom is 0.0372 e. The van der Waals surface area contributed by atoms with E-state index in [1.807, 2.05) is 0 Å². The van der Waals surface area contributed by atoms with Crippen molar-refractivity contribution >= 4 is 0 Å². The summed E-state index contributed by atoms with van der Waals surface area (Å²) in [6, 6.07) is 4.85. The number of pyridine rings is 1. The van der Waals surface area contributed by atoms with E-state index in [2.05, 4.69) is 56.3 Å². The van der Waals surface area contributed by atoms with E-state index >= 15 is 0 Å². The van der Waals surface area contributed by atoms with Crippen LogP contribution in [0.25, 0.3) is 0 Å². The largest absolute Gasteiger partial charge is 0.310 e. The van der Waals surface area contributed by atoms with Crippen LogP contribution in [0, 0.1) is 18.3 Å². The van der Waals surface area contributed by atoms with E-state index in [1.54, 1.807) is 0 Å². The van der Waals surface area contributed by atoms with Crippen LogP contribution in [0.2, 0.25) is 0 Å². The van der Waals surface area contributed by atoms with Gasteiger partial charge in [0.25, 0.3) is 0 Å². The summed E-state index contributed by atoms with van der Waals surface area (Å²) in [6.45, 7) is 10.2. The fourth-order valence-corrected chi connectivity index (χ4v) is 3.43. The Hall–Kier alpha value is -0.890. The summed E-state index contributed by atoms with van der Waals surface area (Å²) in [5.74, 6) is 0.726. The molecular formula is C17H28N2. The Morgan fingerprint density at radius 3 is 2.74 bits per heavy atom. The normalized spacial score (nSPS) is 23.5. The molecule has 2 unspecified atom stereocenters. The van der Waals surface area contributed by atoms with Gasteiger partial charge < -0.3 is 5.32 Å². The van der Waals surface area contributed by atoms with Gasteiger partial charge in [-0.15, -0.1) is 0 Å². The molecule has 2 atom stereocenters. The summed E-state index contributed by atoms with van der Waals surface area (Å²) in [5.41, 5.74) is 2.90. The highest BCUT2D eigenvalue weighted by Gasteiger charge is 2.39. The van der Waals surface area contributed by atoms with E-state index in [4.69, 9.17) is 0 Å². The van der Waals surface area contributed by atoms with E-state index in [0.29, 0.717) is 11.5 Å². The number of hydrogen-bond donors (Lipinski definition) is 1. The van der Waals surface area contributed by atoms with Gasteiger partial charge in [-0.05, 0) is 55.7 Å². The fourth-order valence-electron chi connectivity index (χ4n) is 3.43. The number of aromatic nitrogens is 1. The van der Waals surface area contributed by atoms with Crippen molar-refractivity contribution < 1.29 is 0 Å². The van der Waals surface area contributed by atoms with Crippen molar-refractivity contribution in [3.63, 3.8) is 0 Å². The molecule has 0 aliphatic heterocycles. The number of nitrogens with one attached hydrogen (secondary N) is 1. The highest BCUT2D eigenvalue weighted by atomic mass is 14.9. The van der Waals surface area contributed by atoms with Gasteiger partial charge in [0.05, 0.1) is 0 Å². The molecule has 1 fully saturated rings. The molecule has 0 aromatic carbocycles. The molecule has 19 heavy (non-hydrogen) atoms. The van der Waals surface area contributed by atoms with E-state index in [0.717, 1.165) is 18.2 Å². The third-order valence-corrected chi connectivity index (χ3v) is 4.65. The standard InChI is InChI=1S/C17H28N2/c1-5-11-18-16(14-9-8-13(2)19-12-14)15-7-6-10-17(15,3)4/h8-9,12,15-16,18H,5-7,10-11H2,1-4H3. The predicted molar refractivity (Wildman–Crippen MR) is 81.1 cm³/mol. The van der Waals surface area contributed by atoms with Crippen LogP contribution in [-0.2, 0) is 0 Å². The van der Waals surface area contributed by atoms with Gasteiger partial charge >= 0.3 is 0 Å². The van der Waals surface area contributed by atoms with Gasteiger partial charge in [0.2, 0.25) is 0 Å². The van der Waals surface area contributed by atoms with Gasteiger partial charge in [0, 0.05) is 17.9 Å². The van der Waals surface area contributed by atoms with Gasteiger partial charge in [0.15, 0.2) is 0 Å². The van der Waals surface area contributed by atoms with Crippen molar-refractivity contribution in [2.75, 3.05) is 6.54 Å². The highest BCUT2D eigenvalue weighted by molar-refractivity contribution is 5.19. The minimum absolute atomic E-state index is 0.441. The van der Waals surface area contributed by atoms with Crippen LogP contribution < -0.4 is 5.32 Å². The van der Waals surface area contributed by atoms with Crippen LogP contribution in [0.1, 0.15) is 63.8 Å². The average Bonchev–Trinajstić information content (AvgIpc) is 2.72. The topological polar surface area (TPSA) is 24.9 Å². The average molecular weight is 260 g/mol. The van der Waals surface area contributed by atoms with Gasteiger partial charge in [-0.25, -0.2) is 0 Å². The molecule has 106 valence electrons. The molecule has 1 aromatic heterocycles. The fraction of sp³-hybridized carbons (Fsp3) is 0.706. The molecule has 0 radical (unpaired) electrons. The maximum absolute atomic E-state index is 4.49. The Kier molecular flexibility index (Phi) is 4.62. The van der Waals surface area contributed by atoms with Gasteiger partial charge in [-0.2, -0.15) is 0 Å². The lowest BCUT2D eigenvalue weighted by molar-refractivity contribution is 0.197. The lowest BCUT2D eigenvalue weighted by atomic mass is 9.75. The zero-order chi connectivity index (χ0) is 13.9. The number of rotatable bonds is 5. The second kappa shape index (κ2) is 6.04. The van der Waals surface area contributed by atoms with Crippen LogP contribution in [0.15, 0.2) is 18.3 Å². The summed E-state index contributed by atoms with van der Waals surface area (Å²) in [6.07, 6.45) is 7.30. The Morgan fingerprint density at radius 2 is 2.21 bits per heavy atom. The maximum atomic E-state index is 4.49. The predicted octanol–water partition coefficient (Wildman–Crippen LogP) is 4.26. The summed E-state index contributed by atoms with van der Waals surface area (Å²) < 4.78 is 0. The zero-order valence-electron chi connectivity index (χ0n) is 12.9. The zero-order valence-corrected chi connectivity index (χ0v) is 12.9. The number of nitrogens with zero attached hydrogens (tertiary/aromatic N) is 1. The van der Waals surface area contributed by atoms with Crippen molar-refractivity contribution in [1.29, 1.82) is 0 Å². The quantitative estimate of drug-likeness (QED) is 0.855. The lowest BCUT2D eigenvalue weighted by Crippen LogP contribution is -2.34. The summed E-state index contributed by atoms with van der Waals surface area (Å²) in [5, 5.41) is 3.76. The summed E-state index contributed by atoms with van der Waals surface area (Å²) in [7, 11) is 0. The van der Waals surface area contributed by atoms with Gasteiger partial charge in [0.1, 0.15) is 0 Å². The van der Waals surface area contributed by atoms with Crippen molar-refractivity contribution in [2.24, 2.45) is 11.3 Å². The van der Waals surface area contributed by atoms with E-state index < -0.39 is 0 Å². The first kappa shape index (κ1) is 14.5. The smallest absolute Gasteiger partial charge is 0.0372 e. The molecule has 2 nitrogen and oxygen atoms in total. The van der Waals surface area contributed by atoms with Gasteiger partial charge in [-0.1, -0.05) is 33.3 Å². The molecule has 0 bridgehead atoms. The highest BCUT2D eigenvalue weighted by Crippen LogP contribution is 2.48. The molecule has 2 rings (SSSR count). The van der Waals surface area contributed by atoms with Crippen LogP contribution in [0.3, 0.4) is 0 Å².